The van der Waals surface area contributed by atoms with Crippen molar-refractivity contribution in [2.75, 3.05) is 33.7 Å². The first kappa shape index (κ1) is 14.5. The van der Waals surface area contributed by atoms with E-state index in [1.54, 1.807) is 0 Å². The van der Waals surface area contributed by atoms with Crippen molar-refractivity contribution in [3.8, 4) is 0 Å². The molecule has 2 N–H and O–H groups in total. The molecule has 0 spiro atoms. The number of carbonyl (C=O) groups is 1. The summed E-state index contributed by atoms with van der Waals surface area (Å²) in [6, 6.07) is 0.0348. The van der Waals surface area contributed by atoms with Gasteiger partial charge in [0.15, 0.2) is 0 Å². The molecule has 1 rings (SSSR count). The first-order valence-electron chi connectivity index (χ1n) is 6.75. The highest BCUT2D eigenvalue weighted by atomic mass is 16.2. The average Bonchev–Trinajstić information content (AvgIpc) is 2.28. The summed E-state index contributed by atoms with van der Waals surface area (Å²) in [5.41, 5.74) is 0. The van der Waals surface area contributed by atoms with Gasteiger partial charge in [0.25, 0.3) is 0 Å². The van der Waals surface area contributed by atoms with Crippen LogP contribution in [0, 0.1) is 5.92 Å². The lowest BCUT2D eigenvalue weighted by molar-refractivity contribution is -0.124. The van der Waals surface area contributed by atoms with Gasteiger partial charge in [0.1, 0.15) is 0 Å². The Kier molecular flexibility index (Phi) is 6.52. The second kappa shape index (κ2) is 7.67. The van der Waals surface area contributed by atoms with Crippen molar-refractivity contribution in [2.45, 2.75) is 38.6 Å². The van der Waals surface area contributed by atoms with Crippen molar-refractivity contribution in [1.82, 2.24) is 15.5 Å². The molecule has 0 saturated carbocycles. The van der Waals surface area contributed by atoms with Crippen molar-refractivity contribution in [2.24, 2.45) is 5.92 Å². The van der Waals surface area contributed by atoms with Gasteiger partial charge in [-0.25, -0.2) is 0 Å². The van der Waals surface area contributed by atoms with Gasteiger partial charge in [0.2, 0.25) is 5.91 Å². The van der Waals surface area contributed by atoms with Crippen LogP contribution in [0.3, 0.4) is 0 Å². The van der Waals surface area contributed by atoms with Crippen LogP contribution in [0.15, 0.2) is 0 Å². The highest BCUT2D eigenvalue weighted by molar-refractivity contribution is 5.81. The quantitative estimate of drug-likeness (QED) is 0.677. The predicted octanol–water partition coefficient (Wildman–Crippen LogP) is 0.833. The molecule has 4 heteroatoms. The minimum absolute atomic E-state index is 0.0348. The summed E-state index contributed by atoms with van der Waals surface area (Å²) in [5.74, 6) is 0.849. The minimum Gasteiger partial charge on any atom is -0.355 e. The summed E-state index contributed by atoms with van der Waals surface area (Å²) < 4.78 is 0. The number of piperidine rings is 1. The lowest BCUT2D eigenvalue weighted by Gasteiger charge is -2.27. The smallest absolute Gasteiger partial charge is 0.237 e. The number of nitrogens with zero attached hydrogens (tertiary/aromatic N) is 1. The molecule has 2 unspecified atom stereocenters. The maximum absolute atomic E-state index is 11.9. The van der Waals surface area contributed by atoms with Crippen LogP contribution in [0.4, 0.5) is 0 Å². The molecule has 1 amide bonds. The molecule has 1 aliphatic rings. The Morgan fingerprint density at radius 2 is 2.18 bits per heavy atom. The standard InChI is InChI=1S/C13H27N3O/c1-11-6-8-14-12(10-11)13(17)15-7-4-5-9-16(2)3/h11-12,14H,4-10H2,1-3H3,(H,15,17). The van der Waals surface area contributed by atoms with Gasteiger partial charge in [-0.15, -0.1) is 0 Å². The number of amides is 1. The number of rotatable bonds is 6. The van der Waals surface area contributed by atoms with E-state index in [1.807, 2.05) is 0 Å². The third kappa shape index (κ3) is 6.03. The van der Waals surface area contributed by atoms with Gasteiger partial charge in [0, 0.05) is 6.54 Å². The largest absolute Gasteiger partial charge is 0.355 e. The van der Waals surface area contributed by atoms with Gasteiger partial charge in [0.05, 0.1) is 6.04 Å². The van der Waals surface area contributed by atoms with Crippen molar-refractivity contribution < 1.29 is 4.79 Å². The second-order valence-electron chi connectivity index (χ2n) is 5.44. The fourth-order valence-corrected chi connectivity index (χ4v) is 2.20. The van der Waals surface area contributed by atoms with E-state index in [-0.39, 0.29) is 11.9 Å². The number of carbonyl (C=O) groups excluding carboxylic acids is 1. The van der Waals surface area contributed by atoms with Crippen molar-refractivity contribution in [3.63, 3.8) is 0 Å². The van der Waals surface area contributed by atoms with Crippen molar-refractivity contribution in [3.05, 3.63) is 0 Å². The van der Waals surface area contributed by atoms with E-state index in [2.05, 4.69) is 36.6 Å². The van der Waals surface area contributed by atoms with Crippen molar-refractivity contribution in [1.29, 1.82) is 0 Å². The summed E-state index contributed by atoms with van der Waals surface area (Å²) in [4.78, 5) is 14.0. The number of nitrogens with one attached hydrogen (secondary N) is 2. The highest BCUT2D eigenvalue weighted by Crippen LogP contribution is 2.14. The molecular formula is C13H27N3O. The second-order valence-corrected chi connectivity index (χ2v) is 5.44. The first-order chi connectivity index (χ1) is 8.09. The average molecular weight is 241 g/mol. The summed E-state index contributed by atoms with van der Waals surface area (Å²) in [6.07, 6.45) is 4.37. The Bertz CT molecular complexity index is 231. The molecule has 0 aromatic heterocycles. The van der Waals surface area contributed by atoms with Crippen LogP contribution in [0.25, 0.3) is 0 Å². The van der Waals surface area contributed by atoms with Crippen LogP contribution in [-0.4, -0.2) is 50.6 Å². The molecule has 1 fully saturated rings. The molecule has 0 aliphatic carbocycles. The molecule has 1 heterocycles. The molecule has 2 atom stereocenters. The van der Waals surface area contributed by atoms with Gasteiger partial charge >= 0.3 is 0 Å². The lowest BCUT2D eigenvalue weighted by atomic mass is 9.94. The zero-order valence-corrected chi connectivity index (χ0v) is 11.5. The summed E-state index contributed by atoms with van der Waals surface area (Å²) >= 11 is 0. The minimum atomic E-state index is 0.0348. The molecule has 0 aromatic carbocycles. The predicted molar refractivity (Wildman–Crippen MR) is 71.0 cm³/mol. The van der Waals surface area contributed by atoms with Crippen LogP contribution in [0.1, 0.15) is 32.6 Å². The van der Waals surface area contributed by atoms with Gasteiger partial charge in [-0.05, 0) is 58.8 Å². The molecule has 0 aromatic rings. The van der Waals surface area contributed by atoms with Crippen LogP contribution < -0.4 is 10.6 Å². The number of unbranched alkanes of at least 4 members (excludes halogenated alkanes) is 1. The summed E-state index contributed by atoms with van der Waals surface area (Å²) in [5, 5.41) is 6.31. The Balaban J connectivity index is 2.08. The molecule has 0 bridgehead atoms. The van der Waals surface area contributed by atoms with E-state index in [9.17, 15) is 4.79 Å². The van der Waals surface area contributed by atoms with E-state index >= 15 is 0 Å². The zero-order valence-electron chi connectivity index (χ0n) is 11.5. The Hall–Kier alpha value is -0.610. The number of hydrogen-bond acceptors (Lipinski definition) is 3. The molecular weight excluding hydrogens is 214 g/mol. The van der Waals surface area contributed by atoms with Crippen LogP contribution in [0.2, 0.25) is 0 Å². The fourth-order valence-electron chi connectivity index (χ4n) is 2.20. The van der Waals surface area contributed by atoms with E-state index in [0.717, 1.165) is 38.9 Å². The third-order valence-corrected chi connectivity index (χ3v) is 3.31. The Morgan fingerprint density at radius 1 is 1.41 bits per heavy atom. The van der Waals surface area contributed by atoms with Crippen molar-refractivity contribution >= 4 is 5.91 Å². The normalized spacial score (nSPS) is 24.9. The van der Waals surface area contributed by atoms with E-state index in [1.165, 1.54) is 6.42 Å². The third-order valence-electron chi connectivity index (χ3n) is 3.31. The molecule has 100 valence electrons. The maximum Gasteiger partial charge on any atom is 0.237 e. The monoisotopic (exact) mass is 241 g/mol. The van der Waals surface area contributed by atoms with Gasteiger partial charge in [-0.3, -0.25) is 4.79 Å². The topological polar surface area (TPSA) is 44.4 Å². The van der Waals surface area contributed by atoms with E-state index in [0.29, 0.717) is 5.92 Å². The van der Waals surface area contributed by atoms with Crippen LogP contribution >= 0.6 is 0 Å². The van der Waals surface area contributed by atoms with E-state index in [4.69, 9.17) is 0 Å². The molecule has 1 saturated heterocycles. The zero-order chi connectivity index (χ0) is 12.7. The Labute approximate surface area is 105 Å². The SMILES string of the molecule is CC1CCNC(C(=O)NCCCCN(C)C)C1. The maximum atomic E-state index is 11.9. The lowest BCUT2D eigenvalue weighted by Crippen LogP contribution is -2.48. The molecule has 4 nitrogen and oxygen atoms in total. The summed E-state index contributed by atoms with van der Waals surface area (Å²) in [6.45, 7) is 5.09. The van der Waals surface area contributed by atoms with Gasteiger partial charge in [-0.2, -0.15) is 0 Å². The van der Waals surface area contributed by atoms with E-state index < -0.39 is 0 Å². The Morgan fingerprint density at radius 3 is 2.82 bits per heavy atom. The first-order valence-corrected chi connectivity index (χ1v) is 6.75. The number of hydrogen-bond donors (Lipinski definition) is 2. The fraction of sp³-hybridized carbons (Fsp3) is 0.923. The van der Waals surface area contributed by atoms with Gasteiger partial charge in [-0.1, -0.05) is 6.92 Å². The molecule has 17 heavy (non-hydrogen) atoms. The van der Waals surface area contributed by atoms with Crippen LogP contribution in [0.5, 0.6) is 0 Å². The van der Waals surface area contributed by atoms with Gasteiger partial charge < -0.3 is 15.5 Å². The molecule has 1 aliphatic heterocycles. The summed E-state index contributed by atoms with van der Waals surface area (Å²) in [7, 11) is 4.15. The molecule has 0 radical (unpaired) electrons. The van der Waals surface area contributed by atoms with Crippen LogP contribution in [-0.2, 0) is 4.79 Å². The highest BCUT2D eigenvalue weighted by Gasteiger charge is 2.23.